The number of sulfone groups is 1. The SMILES string of the molecule is CCc1ccccc1NCCC(=O)NC1CCS(=O)(=O)C1. The predicted molar refractivity (Wildman–Crippen MR) is 84.1 cm³/mol. The quantitative estimate of drug-likeness (QED) is 0.832. The van der Waals surface area contributed by atoms with Crippen molar-refractivity contribution < 1.29 is 13.2 Å². The smallest absolute Gasteiger partial charge is 0.222 e. The molecular formula is C15H22N2O3S. The van der Waals surface area contributed by atoms with Gasteiger partial charge in [0, 0.05) is 24.7 Å². The molecule has 0 radical (unpaired) electrons. The van der Waals surface area contributed by atoms with Crippen molar-refractivity contribution >= 4 is 21.4 Å². The Hall–Kier alpha value is -1.56. The molecule has 1 fully saturated rings. The molecule has 1 aliphatic rings. The zero-order valence-corrected chi connectivity index (χ0v) is 13.1. The van der Waals surface area contributed by atoms with E-state index in [1.807, 2.05) is 18.2 Å². The summed E-state index contributed by atoms with van der Waals surface area (Å²) in [6.45, 7) is 2.63. The first-order valence-corrected chi connectivity index (χ1v) is 9.14. The molecule has 1 atom stereocenters. The second kappa shape index (κ2) is 6.93. The second-order valence-electron chi connectivity index (χ2n) is 5.35. The summed E-state index contributed by atoms with van der Waals surface area (Å²) in [6.07, 6.45) is 1.81. The Morgan fingerprint density at radius 2 is 2.10 bits per heavy atom. The van der Waals surface area contributed by atoms with E-state index >= 15 is 0 Å². The van der Waals surface area contributed by atoms with Crippen molar-refractivity contribution in [2.75, 3.05) is 23.4 Å². The molecule has 2 rings (SSSR count). The van der Waals surface area contributed by atoms with E-state index in [4.69, 9.17) is 0 Å². The van der Waals surface area contributed by atoms with Crippen LogP contribution in [-0.2, 0) is 21.1 Å². The highest BCUT2D eigenvalue weighted by Gasteiger charge is 2.28. The zero-order chi connectivity index (χ0) is 15.3. The summed E-state index contributed by atoms with van der Waals surface area (Å²) >= 11 is 0. The molecule has 1 aromatic rings. The normalized spacial score (nSPS) is 20.1. The minimum Gasteiger partial charge on any atom is -0.384 e. The number of nitrogens with one attached hydrogen (secondary N) is 2. The van der Waals surface area contributed by atoms with Crippen LogP contribution in [-0.4, -0.2) is 38.4 Å². The number of carbonyl (C=O) groups excluding carboxylic acids is 1. The topological polar surface area (TPSA) is 75.3 Å². The number of hydrogen-bond acceptors (Lipinski definition) is 4. The van der Waals surface area contributed by atoms with Crippen molar-refractivity contribution in [2.24, 2.45) is 0 Å². The van der Waals surface area contributed by atoms with Crippen molar-refractivity contribution in [3.63, 3.8) is 0 Å². The van der Waals surface area contributed by atoms with Crippen LogP contribution in [0.15, 0.2) is 24.3 Å². The van der Waals surface area contributed by atoms with Gasteiger partial charge in [0.2, 0.25) is 5.91 Å². The molecule has 2 N–H and O–H groups in total. The van der Waals surface area contributed by atoms with Crippen LogP contribution < -0.4 is 10.6 Å². The monoisotopic (exact) mass is 310 g/mol. The Labute approximate surface area is 126 Å². The lowest BCUT2D eigenvalue weighted by Crippen LogP contribution is -2.36. The van der Waals surface area contributed by atoms with Crippen molar-refractivity contribution in [3.05, 3.63) is 29.8 Å². The first kappa shape index (κ1) is 15.8. The fraction of sp³-hybridized carbons (Fsp3) is 0.533. The van der Waals surface area contributed by atoms with Gasteiger partial charge in [0.25, 0.3) is 0 Å². The van der Waals surface area contributed by atoms with Gasteiger partial charge in [0.15, 0.2) is 9.84 Å². The molecule has 1 unspecified atom stereocenters. The van der Waals surface area contributed by atoms with Crippen molar-refractivity contribution in [1.82, 2.24) is 5.32 Å². The van der Waals surface area contributed by atoms with E-state index in [1.54, 1.807) is 0 Å². The Balaban J connectivity index is 1.75. The molecule has 1 heterocycles. The van der Waals surface area contributed by atoms with Gasteiger partial charge < -0.3 is 10.6 Å². The molecule has 21 heavy (non-hydrogen) atoms. The van der Waals surface area contributed by atoms with E-state index in [-0.39, 0.29) is 23.5 Å². The highest BCUT2D eigenvalue weighted by Crippen LogP contribution is 2.15. The van der Waals surface area contributed by atoms with E-state index in [0.29, 0.717) is 19.4 Å². The predicted octanol–water partition coefficient (Wildman–Crippen LogP) is 1.35. The van der Waals surface area contributed by atoms with Gasteiger partial charge in [0.05, 0.1) is 11.5 Å². The van der Waals surface area contributed by atoms with Crippen LogP contribution in [0, 0.1) is 0 Å². The van der Waals surface area contributed by atoms with Crippen LogP contribution in [0.5, 0.6) is 0 Å². The van der Waals surface area contributed by atoms with E-state index in [9.17, 15) is 13.2 Å². The summed E-state index contributed by atoms with van der Waals surface area (Å²) in [4.78, 5) is 11.8. The number of carbonyl (C=O) groups is 1. The van der Waals surface area contributed by atoms with Crippen molar-refractivity contribution in [1.29, 1.82) is 0 Å². The molecule has 1 aromatic carbocycles. The number of anilines is 1. The molecule has 6 heteroatoms. The molecule has 0 aliphatic carbocycles. The van der Waals surface area contributed by atoms with Crippen LogP contribution >= 0.6 is 0 Å². The van der Waals surface area contributed by atoms with Crippen LogP contribution in [0.1, 0.15) is 25.3 Å². The highest BCUT2D eigenvalue weighted by atomic mass is 32.2. The average Bonchev–Trinajstić information content (AvgIpc) is 2.78. The van der Waals surface area contributed by atoms with E-state index < -0.39 is 9.84 Å². The Morgan fingerprint density at radius 1 is 1.33 bits per heavy atom. The number of amides is 1. The molecule has 1 amide bonds. The lowest BCUT2D eigenvalue weighted by molar-refractivity contribution is -0.121. The molecule has 5 nitrogen and oxygen atoms in total. The maximum atomic E-state index is 11.8. The lowest BCUT2D eigenvalue weighted by Gasteiger charge is -2.13. The van der Waals surface area contributed by atoms with Gasteiger partial charge in [-0.3, -0.25) is 4.79 Å². The Bertz CT molecular complexity index is 599. The molecule has 0 spiro atoms. The third-order valence-electron chi connectivity index (χ3n) is 3.66. The zero-order valence-electron chi connectivity index (χ0n) is 12.3. The molecular weight excluding hydrogens is 288 g/mol. The first-order valence-electron chi connectivity index (χ1n) is 7.32. The maximum Gasteiger partial charge on any atom is 0.222 e. The standard InChI is InChI=1S/C15H22N2O3S/c1-2-12-5-3-4-6-14(12)16-9-7-15(18)17-13-8-10-21(19,20)11-13/h3-6,13,16H,2,7-11H2,1H3,(H,17,18). The highest BCUT2D eigenvalue weighted by molar-refractivity contribution is 7.91. The van der Waals surface area contributed by atoms with Crippen LogP contribution in [0.25, 0.3) is 0 Å². The number of hydrogen-bond donors (Lipinski definition) is 2. The van der Waals surface area contributed by atoms with Gasteiger partial charge in [-0.05, 0) is 24.5 Å². The Kier molecular flexibility index (Phi) is 5.22. The summed E-state index contributed by atoms with van der Waals surface area (Å²) in [5.41, 5.74) is 2.27. The number of aryl methyl sites for hydroxylation is 1. The van der Waals surface area contributed by atoms with Gasteiger partial charge >= 0.3 is 0 Å². The molecule has 0 bridgehead atoms. The first-order chi connectivity index (χ1) is 10.00. The number of benzene rings is 1. The van der Waals surface area contributed by atoms with E-state index in [2.05, 4.69) is 23.6 Å². The third-order valence-corrected chi connectivity index (χ3v) is 5.43. The summed E-state index contributed by atoms with van der Waals surface area (Å²) in [6, 6.07) is 7.80. The molecule has 1 saturated heterocycles. The minimum atomic E-state index is -2.94. The average molecular weight is 310 g/mol. The number of rotatable bonds is 6. The van der Waals surface area contributed by atoms with Gasteiger partial charge in [-0.15, -0.1) is 0 Å². The summed E-state index contributed by atoms with van der Waals surface area (Å²) < 4.78 is 22.7. The second-order valence-corrected chi connectivity index (χ2v) is 7.58. The van der Waals surface area contributed by atoms with Crippen molar-refractivity contribution in [3.8, 4) is 0 Å². The number of para-hydroxylation sites is 1. The maximum absolute atomic E-state index is 11.8. The van der Waals surface area contributed by atoms with Crippen LogP contribution in [0.2, 0.25) is 0 Å². The van der Waals surface area contributed by atoms with Gasteiger partial charge in [0.1, 0.15) is 0 Å². The lowest BCUT2D eigenvalue weighted by atomic mass is 10.1. The van der Waals surface area contributed by atoms with Crippen LogP contribution in [0.4, 0.5) is 5.69 Å². The summed E-state index contributed by atoms with van der Waals surface area (Å²) in [5, 5.41) is 6.05. The Morgan fingerprint density at radius 3 is 2.76 bits per heavy atom. The largest absolute Gasteiger partial charge is 0.384 e. The van der Waals surface area contributed by atoms with Crippen LogP contribution in [0.3, 0.4) is 0 Å². The molecule has 116 valence electrons. The van der Waals surface area contributed by atoms with E-state index in [1.165, 1.54) is 5.56 Å². The summed E-state index contributed by atoms with van der Waals surface area (Å²) in [7, 11) is -2.94. The molecule has 1 aliphatic heterocycles. The van der Waals surface area contributed by atoms with Gasteiger partial charge in [-0.1, -0.05) is 25.1 Å². The third kappa shape index (κ3) is 4.74. The van der Waals surface area contributed by atoms with E-state index in [0.717, 1.165) is 12.1 Å². The van der Waals surface area contributed by atoms with Crippen molar-refractivity contribution in [2.45, 2.75) is 32.2 Å². The summed E-state index contributed by atoms with van der Waals surface area (Å²) in [5.74, 6) is 0.156. The molecule has 0 aromatic heterocycles. The fourth-order valence-electron chi connectivity index (χ4n) is 2.52. The van der Waals surface area contributed by atoms with Gasteiger partial charge in [-0.2, -0.15) is 0 Å². The minimum absolute atomic E-state index is 0.0742. The van der Waals surface area contributed by atoms with Gasteiger partial charge in [-0.25, -0.2) is 8.42 Å². The molecule has 0 saturated carbocycles. The fourth-order valence-corrected chi connectivity index (χ4v) is 4.19.